The molecule has 0 N–H and O–H groups in total. The summed E-state index contributed by atoms with van der Waals surface area (Å²) >= 11 is 0. The Hall–Kier alpha value is -4.58. The van der Waals surface area contributed by atoms with Gasteiger partial charge in [0.25, 0.3) is 11.7 Å². The van der Waals surface area contributed by atoms with Crippen molar-refractivity contribution in [2.24, 2.45) is 9.98 Å². The van der Waals surface area contributed by atoms with Gasteiger partial charge >= 0.3 is 5.91 Å². The highest BCUT2D eigenvalue weighted by molar-refractivity contribution is 6.25. The maximum absolute atomic E-state index is 5.62. The molecule has 1 unspecified atom stereocenters. The Balaban J connectivity index is 1.53. The Morgan fingerprint density at radius 3 is 1.78 bits per heavy atom. The van der Waals surface area contributed by atoms with E-state index in [1.165, 1.54) is 111 Å². The van der Waals surface area contributed by atoms with Gasteiger partial charge in [-0.25, -0.2) is 0 Å². The molecule has 0 fully saturated rings. The number of hydrogen-bond donors (Lipinski definition) is 0. The maximum Gasteiger partial charge on any atom is 0.481 e. The van der Waals surface area contributed by atoms with E-state index in [-0.39, 0.29) is 0 Å². The lowest BCUT2D eigenvalue weighted by molar-refractivity contribution is -0.798. The summed E-state index contributed by atoms with van der Waals surface area (Å²) in [6.07, 6.45) is 4.90. The normalized spacial score (nSPS) is 20.1. The molecule has 2 aromatic heterocycles. The third-order valence-corrected chi connectivity index (χ3v) is 12.9. The minimum atomic E-state index is -0.769. The van der Waals surface area contributed by atoms with Crippen molar-refractivity contribution in [3.8, 4) is 0 Å². The fourth-order valence-electron chi connectivity index (χ4n) is 9.49. The Morgan fingerprint density at radius 2 is 1.11 bits per heavy atom. The minimum Gasteiger partial charge on any atom is -0.196 e. The number of nitrogens with zero attached hydrogens (tertiary/aromatic N) is 6. The Morgan fingerprint density at radius 1 is 0.511 bits per heavy atom. The average molecular weight is 591 g/mol. The van der Waals surface area contributed by atoms with Gasteiger partial charge in [0.05, 0.1) is 33.3 Å². The summed E-state index contributed by atoms with van der Waals surface area (Å²) in [7, 11) is 0. The first-order chi connectivity index (χ1) is 21.3. The van der Waals surface area contributed by atoms with E-state index in [9.17, 15) is 0 Å². The molecule has 10 rings (SSSR count). The second kappa shape index (κ2) is 7.28. The van der Waals surface area contributed by atoms with E-state index in [1.807, 2.05) is 0 Å². The van der Waals surface area contributed by atoms with Crippen LogP contribution >= 0.6 is 0 Å². The Bertz CT molecular complexity index is 2410. The van der Waals surface area contributed by atoms with Crippen LogP contribution in [0.3, 0.4) is 0 Å². The van der Waals surface area contributed by atoms with Crippen molar-refractivity contribution in [1.29, 1.82) is 0 Å². The van der Waals surface area contributed by atoms with E-state index in [0.29, 0.717) is 0 Å². The van der Waals surface area contributed by atoms with Gasteiger partial charge in [-0.1, -0.05) is 9.98 Å². The number of rotatable bonds is 0. The van der Waals surface area contributed by atoms with Crippen molar-refractivity contribution in [3.05, 3.63) is 106 Å². The molecular weight excluding hydrogens is 552 g/mol. The SMILES string of the molecule is Cc1c(C)c(C)c2c(c1C)C1=Cc3c(C)c(C)c4n3C35n6c(c(C)c(C)c6=NC6=[N+]3C(=N4)c3c(C)c(C)c(C)c(C)c36)=CC2=[N+]15. The van der Waals surface area contributed by atoms with Crippen LogP contribution < -0.4 is 10.8 Å². The van der Waals surface area contributed by atoms with Crippen LogP contribution in [-0.2, 0) is 5.91 Å². The van der Waals surface area contributed by atoms with E-state index in [2.05, 4.69) is 114 Å². The molecule has 4 aromatic rings. The van der Waals surface area contributed by atoms with Gasteiger partial charge in [0, 0.05) is 23.3 Å². The fourth-order valence-corrected chi connectivity index (χ4v) is 9.49. The molecule has 0 amide bonds. The molecule has 0 aliphatic carbocycles. The van der Waals surface area contributed by atoms with Crippen molar-refractivity contribution in [2.45, 2.75) is 89.0 Å². The Labute approximate surface area is 263 Å². The highest BCUT2D eigenvalue weighted by atomic mass is 15.7. The summed E-state index contributed by atoms with van der Waals surface area (Å²) in [5.74, 6) is 2.32. The molecule has 6 nitrogen and oxygen atoms in total. The predicted molar refractivity (Wildman–Crippen MR) is 180 cm³/mol. The lowest BCUT2D eigenvalue weighted by Gasteiger charge is -2.39. The van der Waals surface area contributed by atoms with E-state index < -0.39 is 5.91 Å². The molecular formula is C39H38N6+2. The van der Waals surface area contributed by atoms with Crippen LogP contribution in [0.25, 0.3) is 17.8 Å². The summed E-state index contributed by atoms with van der Waals surface area (Å²) in [4.78, 5) is 11.2. The number of aliphatic imine (C=N–C) groups is 1. The highest BCUT2D eigenvalue weighted by Gasteiger charge is 2.71. The number of hydrogen-bond acceptors (Lipinski definition) is 2. The molecule has 45 heavy (non-hydrogen) atoms. The van der Waals surface area contributed by atoms with Gasteiger partial charge in [-0.2, -0.15) is 9.13 Å². The number of amidine groups is 2. The lowest BCUT2D eigenvalue weighted by atomic mass is 9.87. The molecule has 6 heteroatoms. The van der Waals surface area contributed by atoms with Crippen molar-refractivity contribution in [2.75, 3.05) is 0 Å². The molecule has 8 heterocycles. The van der Waals surface area contributed by atoms with Crippen molar-refractivity contribution < 1.29 is 9.15 Å². The third-order valence-electron chi connectivity index (χ3n) is 12.9. The molecule has 1 atom stereocenters. The van der Waals surface area contributed by atoms with Crippen molar-refractivity contribution in [1.82, 2.24) is 9.13 Å². The van der Waals surface area contributed by atoms with Gasteiger partial charge in [0.15, 0.2) is 0 Å². The Kier molecular flexibility index (Phi) is 4.16. The van der Waals surface area contributed by atoms with Crippen LogP contribution in [-0.4, -0.2) is 35.7 Å². The quantitative estimate of drug-likeness (QED) is 0.235. The smallest absolute Gasteiger partial charge is 0.196 e. The summed E-state index contributed by atoms with van der Waals surface area (Å²) in [6, 6.07) is 0. The summed E-state index contributed by atoms with van der Waals surface area (Å²) in [5.41, 5.74) is 25.9. The highest BCUT2D eigenvalue weighted by Crippen LogP contribution is 2.53. The first-order valence-corrected chi connectivity index (χ1v) is 16.2. The van der Waals surface area contributed by atoms with Crippen LogP contribution in [0, 0.1) is 83.1 Å². The van der Waals surface area contributed by atoms with Crippen LogP contribution in [0.5, 0.6) is 0 Å². The van der Waals surface area contributed by atoms with Gasteiger partial charge < -0.3 is 0 Å². The summed E-state index contributed by atoms with van der Waals surface area (Å²) in [5, 5.41) is 1.24. The molecule has 2 aromatic carbocycles. The van der Waals surface area contributed by atoms with E-state index in [1.54, 1.807) is 0 Å². The number of aromatic nitrogens is 2. The monoisotopic (exact) mass is 590 g/mol. The van der Waals surface area contributed by atoms with Crippen molar-refractivity contribution in [3.63, 3.8) is 0 Å². The van der Waals surface area contributed by atoms with E-state index in [4.69, 9.17) is 9.98 Å². The number of benzene rings is 2. The standard InChI is InChI=1S/C39H38N6/c1-15-16(2)22(8)32-30-14-28-20(6)26(12)36-41-38-34-24(10)18(4)17(3)23(9)33(34)37-40-35-25(11)19(5)27-13-29(31(32)21(15)7)42(30)39(43(27)35,44(28)36)45(37)38/h13-14H,1-12H3/q+2. The van der Waals surface area contributed by atoms with Gasteiger partial charge in [0.2, 0.25) is 22.7 Å². The fraction of sp³-hybridized carbons (Fsp3) is 0.333. The van der Waals surface area contributed by atoms with E-state index in [0.717, 1.165) is 23.0 Å². The van der Waals surface area contributed by atoms with Crippen LogP contribution in [0.15, 0.2) is 9.98 Å². The third kappa shape index (κ3) is 2.29. The minimum absolute atomic E-state index is 0.769. The average Bonchev–Trinajstić information content (AvgIpc) is 3.69. The largest absolute Gasteiger partial charge is 0.481 e. The first kappa shape index (κ1) is 25.7. The second-order valence-corrected chi connectivity index (χ2v) is 14.3. The van der Waals surface area contributed by atoms with Gasteiger partial charge in [-0.05, 0) is 139 Å². The van der Waals surface area contributed by atoms with Crippen LogP contribution in [0.4, 0.5) is 5.82 Å². The summed E-state index contributed by atoms with van der Waals surface area (Å²) in [6.45, 7) is 27.4. The van der Waals surface area contributed by atoms with Crippen LogP contribution in [0.2, 0.25) is 0 Å². The van der Waals surface area contributed by atoms with Gasteiger partial charge in [-0.3, -0.25) is 0 Å². The zero-order chi connectivity index (χ0) is 31.5. The predicted octanol–water partition coefficient (Wildman–Crippen LogP) is 5.73. The molecule has 0 bridgehead atoms. The van der Waals surface area contributed by atoms with Crippen molar-refractivity contribution >= 4 is 41.0 Å². The van der Waals surface area contributed by atoms with Crippen LogP contribution in [0.1, 0.15) is 94.7 Å². The molecule has 0 radical (unpaired) electrons. The van der Waals surface area contributed by atoms with Gasteiger partial charge in [-0.15, -0.1) is 9.15 Å². The molecule has 6 aliphatic heterocycles. The molecule has 222 valence electrons. The maximum atomic E-state index is 5.62. The zero-order valence-corrected chi connectivity index (χ0v) is 28.3. The number of fused-ring (bicyclic) bond motifs is 6. The first-order valence-electron chi connectivity index (χ1n) is 16.2. The topological polar surface area (TPSA) is 40.6 Å². The molecule has 0 saturated heterocycles. The second-order valence-electron chi connectivity index (χ2n) is 14.3. The molecule has 1 spiro atoms. The molecule has 0 saturated carbocycles. The van der Waals surface area contributed by atoms with E-state index >= 15 is 0 Å². The lowest BCUT2D eigenvalue weighted by Crippen LogP contribution is -2.70. The van der Waals surface area contributed by atoms with Gasteiger partial charge in [0.1, 0.15) is 0 Å². The molecule has 6 aliphatic rings. The summed E-state index contributed by atoms with van der Waals surface area (Å²) < 4.78 is 10.3. The zero-order valence-electron chi connectivity index (χ0n) is 28.3.